The second-order valence-corrected chi connectivity index (χ2v) is 5.44. The van der Waals surface area contributed by atoms with Crippen LogP contribution in [0.15, 0.2) is 22.8 Å². The highest BCUT2D eigenvalue weighted by Gasteiger charge is 2.18. The lowest BCUT2D eigenvalue weighted by molar-refractivity contribution is 0.395. The third kappa shape index (κ3) is 2.45. The van der Waals surface area contributed by atoms with Crippen LogP contribution in [0.25, 0.3) is 11.0 Å². The minimum atomic E-state index is 0.514. The Morgan fingerprint density at radius 1 is 1.47 bits per heavy atom. The van der Waals surface area contributed by atoms with Crippen molar-refractivity contribution in [2.75, 3.05) is 13.7 Å². The highest BCUT2D eigenvalue weighted by molar-refractivity contribution is 6.36. The molecule has 1 aliphatic heterocycles. The van der Waals surface area contributed by atoms with E-state index >= 15 is 0 Å². The topological polar surface area (TPSA) is 34.4 Å². The Morgan fingerprint density at radius 2 is 2.37 bits per heavy atom. The van der Waals surface area contributed by atoms with Gasteiger partial charge in [-0.15, -0.1) is 0 Å². The van der Waals surface area contributed by atoms with Crippen molar-refractivity contribution in [3.63, 3.8) is 0 Å². The summed E-state index contributed by atoms with van der Waals surface area (Å²) in [5, 5.41) is 5.28. The maximum atomic E-state index is 6.49. The van der Waals surface area contributed by atoms with Crippen LogP contribution in [-0.2, 0) is 6.42 Å². The molecular weight excluding hydrogens is 262 g/mol. The maximum Gasteiger partial charge on any atom is 0.177 e. The van der Waals surface area contributed by atoms with Gasteiger partial charge in [-0.1, -0.05) is 18.0 Å². The summed E-state index contributed by atoms with van der Waals surface area (Å²) in [6.07, 6.45) is 6.37. The number of hydrogen-bond acceptors (Lipinski definition) is 3. The average Bonchev–Trinajstić information content (AvgIpc) is 2.93. The Kier molecular flexibility index (Phi) is 3.67. The van der Waals surface area contributed by atoms with E-state index in [4.69, 9.17) is 20.8 Å². The molecule has 1 aromatic heterocycles. The van der Waals surface area contributed by atoms with Gasteiger partial charge in [0.2, 0.25) is 0 Å². The molecule has 0 saturated carbocycles. The molecule has 1 atom stereocenters. The Bertz CT molecular complexity index is 573. The molecule has 3 rings (SSSR count). The summed E-state index contributed by atoms with van der Waals surface area (Å²) in [6, 6.07) is 4.42. The molecule has 0 aliphatic carbocycles. The van der Waals surface area contributed by atoms with Crippen LogP contribution >= 0.6 is 11.6 Å². The molecule has 3 nitrogen and oxygen atoms in total. The van der Waals surface area contributed by atoms with Crippen molar-refractivity contribution < 1.29 is 9.15 Å². The Hall–Kier alpha value is -1.19. The maximum absolute atomic E-state index is 6.49. The van der Waals surface area contributed by atoms with E-state index in [1.165, 1.54) is 19.3 Å². The number of ether oxygens (including phenoxy) is 1. The standard InChI is InChI=1S/C15H18ClNO2/c1-18-13-9-10(8-11-4-2-3-6-17-11)14(16)12-5-7-19-15(12)13/h5,7,9,11,17H,2-4,6,8H2,1H3. The van der Waals surface area contributed by atoms with E-state index in [1.807, 2.05) is 12.1 Å². The number of nitrogens with one attached hydrogen (secondary N) is 1. The number of hydrogen-bond donors (Lipinski definition) is 1. The van der Waals surface area contributed by atoms with Gasteiger partial charge < -0.3 is 14.5 Å². The number of rotatable bonds is 3. The van der Waals surface area contributed by atoms with Crippen molar-refractivity contribution in [1.29, 1.82) is 0 Å². The van der Waals surface area contributed by atoms with Gasteiger partial charge in [0.25, 0.3) is 0 Å². The first kappa shape index (κ1) is 12.8. The number of piperidine rings is 1. The van der Waals surface area contributed by atoms with E-state index in [9.17, 15) is 0 Å². The van der Waals surface area contributed by atoms with Crippen LogP contribution in [0.2, 0.25) is 5.02 Å². The van der Waals surface area contributed by atoms with Crippen LogP contribution in [0.1, 0.15) is 24.8 Å². The number of methoxy groups -OCH3 is 1. The third-order valence-electron chi connectivity index (χ3n) is 3.81. The van der Waals surface area contributed by atoms with Crippen molar-refractivity contribution >= 4 is 22.6 Å². The lowest BCUT2D eigenvalue weighted by atomic mass is 9.97. The van der Waals surface area contributed by atoms with E-state index in [-0.39, 0.29) is 0 Å². The fourth-order valence-electron chi connectivity index (χ4n) is 2.80. The van der Waals surface area contributed by atoms with Crippen molar-refractivity contribution in [1.82, 2.24) is 5.32 Å². The van der Waals surface area contributed by atoms with Gasteiger partial charge in [-0.25, -0.2) is 0 Å². The number of furan rings is 1. The summed E-state index contributed by atoms with van der Waals surface area (Å²) in [4.78, 5) is 0. The molecule has 2 aromatic rings. The molecule has 0 spiro atoms. The molecule has 1 aromatic carbocycles. The summed E-state index contributed by atoms with van der Waals surface area (Å²) < 4.78 is 10.8. The summed E-state index contributed by atoms with van der Waals surface area (Å²) in [5.74, 6) is 0.759. The van der Waals surface area contributed by atoms with Gasteiger partial charge in [-0.2, -0.15) is 0 Å². The Morgan fingerprint density at radius 3 is 3.11 bits per heavy atom. The summed E-state index contributed by atoms with van der Waals surface area (Å²) >= 11 is 6.49. The van der Waals surface area contributed by atoms with Crippen LogP contribution in [-0.4, -0.2) is 19.7 Å². The van der Waals surface area contributed by atoms with Gasteiger partial charge in [-0.3, -0.25) is 0 Å². The molecule has 19 heavy (non-hydrogen) atoms. The minimum absolute atomic E-state index is 0.514. The molecule has 1 fully saturated rings. The molecule has 0 bridgehead atoms. The van der Waals surface area contributed by atoms with E-state index in [1.54, 1.807) is 13.4 Å². The minimum Gasteiger partial charge on any atom is -0.493 e. The van der Waals surface area contributed by atoms with E-state index in [0.717, 1.165) is 40.3 Å². The first-order chi connectivity index (χ1) is 9.29. The number of halogens is 1. The molecule has 4 heteroatoms. The number of benzene rings is 1. The molecule has 102 valence electrons. The van der Waals surface area contributed by atoms with Crippen molar-refractivity contribution in [3.8, 4) is 5.75 Å². The second-order valence-electron chi connectivity index (χ2n) is 5.07. The van der Waals surface area contributed by atoms with E-state index in [0.29, 0.717) is 6.04 Å². The molecule has 1 saturated heterocycles. The second kappa shape index (κ2) is 5.43. The normalized spacial score (nSPS) is 19.8. The summed E-state index contributed by atoms with van der Waals surface area (Å²) in [7, 11) is 1.66. The van der Waals surface area contributed by atoms with Gasteiger partial charge in [0, 0.05) is 11.4 Å². The first-order valence-corrected chi connectivity index (χ1v) is 7.13. The van der Waals surface area contributed by atoms with Crippen molar-refractivity contribution in [2.24, 2.45) is 0 Å². The van der Waals surface area contributed by atoms with Gasteiger partial charge >= 0.3 is 0 Å². The van der Waals surface area contributed by atoms with Crippen molar-refractivity contribution in [2.45, 2.75) is 31.7 Å². The SMILES string of the molecule is COc1cc(CC2CCCCN2)c(Cl)c2ccoc12. The zero-order valence-corrected chi connectivity index (χ0v) is 11.8. The van der Waals surface area contributed by atoms with E-state index in [2.05, 4.69) is 5.32 Å². The molecule has 1 unspecified atom stereocenters. The fraction of sp³-hybridized carbons (Fsp3) is 0.467. The third-order valence-corrected chi connectivity index (χ3v) is 4.26. The van der Waals surface area contributed by atoms with Crippen LogP contribution < -0.4 is 10.1 Å². The summed E-state index contributed by atoms with van der Waals surface area (Å²) in [6.45, 7) is 1.10. The summed E-state index contributed by atoms with van der Waals surface area (Å²) in [5.41, 5.74) is 1.86. The van der Waals surface area contributed by atoms with Gasteiger partial charge in [0.15, 0.2) is 11.3 Å². The molecule has 0 amide bonds. The number of fused-ring (bicyclic) bond motifs is 1. The lowest BCUT2D eigenvalue weighted by Gasteiger charge is -2.24. The van der Waals surface area contributed by atoms with Crippen LogP contribution in [0.4, 0.5) is 0 Å². The molecule has 1 N–H and O–H groups in total. The van der Waals surface area contributed by atoms with Gasteiger partial charge in [0.05, 0.1) is 18.4 Å². The lowest BCUT2D eigenvalue weighted by Crippen LogP contribution is -2.35. The highest BCUT2D eigenvalue weighted by atomic mass is 35.5. The monoisotopic (exact) mass is 279 g/mol. The van der Waals surface area contributed by atoms with E-state index < -0.39 is 0 Å². The Labute approximate surface area is 117 Å². The van der Waals surface area contributed by atoms with Crippen molar-refractivity contribution in [3.05, 3.63) is 29.0 Å². The van der Waals surface area contributed by atoms with Gasteiger partial charge in [0.1, 0.15) is 0 Å². The first-order valence-electron chi connectivity index (χ1n) is 6.75. The fourth-order valence-corrected chi connectivity index (χ4v) is 3.08. The van der Waals surface area contributed by atoms with Crippen LogP contribution in [0, 0.1) is 0 Å². The Balaban J connectivity index is 1.95. The zero-order chi connectivity index (χ0) is 13.2. The smallest absolute Gasteiger partial charge is 0.177 e. The average molecular weight is 280 g/mol. The van der Waals surface area contributed by atoms with Crippen LogP contribution in [0.5, 0.6) is 5.75 Å². The molecule has 2 heterocycles. The zero-order valence-electron chi connectivity index (χ0n) is 11.0. The molecule has 0 radical (unpaired) electrons. The quantitative estimate of drug-likeness (QED) is 0.928. The molecular formula is C15H18ClNO2. The molecule has 1 aliphatic rings. The highest BCUT2D eigenvalue weighted by Crippen LogP contribution is 2.36. The van der Waals surface area contributed by atoms with Gasteiger partial charge in [-0.05, 0) is 43.5 Å². The predicted octanol–water partition coefficient (Wildman–Crippen LogP) is 3.78. The van der Waals surface area contributed by atoms with Crippen LogP contribution in [0.3, 0.4) is 0 Å². The predicted molar refractivity (Wildman–Crippen MR) is 77.1 cm³/mol. The largest absolute Gasteiger partial charge is 0.493 e.